The predicted molar refractivity (Wildman–Crippen MR) is 136 cm³/mol. The molecule has 3 atom stereocenters. The van der Waals surface area contributed by atoms with Crippen molar-refractivity contribution in [3.05, 3.63) is 65.2 Å². The number of nitrogens with one attached hydrogen (secondary N) is 1. The van der Waals surface area contributed by atoms with Crippen LogP contribution in [0.1, 0.15) is 31.2 Å². The largest absolute Gasteiger partial charge is 0.493 e. The number of halogens is 1. The molecule has 1 aliphatic heterocycles. The molecule has 0 aromatic heterocycles. The van der Waals surface area contributed by atoms with Crippen LogP contribution in [0.2, 0.25) is 5.02 Å². The number of carbonyl (C=O) groups excluding carboxylic acids is 2. The third-order valence-corrected chi connectivity index (χ3v) is 7.70. The van der Waals surface area contributed by atoms with Gasteiger partial charge in [0, 0.05) is 49.7 Å². The van der Waals surface area contributed by atoms with Crippen molar-refractivity contribution in [2.75, 3.05) is 32.8 Å². The van der Waals surface area contributed by atoms with Crippen LogP contribution >= 0.6 is 11.6 Å². The third-order valence-electron chi connectivity index (χ3n) is 7.46. The first-order valence-electron chi connectivity index (χ1n) is 12.8. The molecular formula is C28H34ClN3O3. The van der Waals surface area contributed by atoms with Crippen LogP contribution < -0.4 is 10.1 Å². The molecule has 1 saturated heterocycles. The van der Waals surface area contributed by atoms with Crippen molar-refractivity contribution in [1.29, 1.82) is 0 Å². The number of amides is 2. The van der Waals surface area contributed by atoms with Gasteiger partial charge in [-0.1, -0.05) is 41.9 Å². The van der Waals surface area contributed by atoms with Crippen LogP contribution in [0.15, 0.2) is 54.6 Å². The molecular weight excluding hydrogens is 462 g/mol. The van der Waals surface area contributed by atoms with E-state index in [1.54, 1.807) is 0 Å². The summed E-state index contributed by atoms with van der Waals surface area (Å²) in [5.41, 5.74) is 1.19. The smallest absolute Gasteiger partial charge is 0.227 e. The molecule has 1 N–H and O–H groups in total. The van der Waals surface area contributed by atoms with Gasteiger partial charge in [0.25, 0.3) is 0 Å². The second kappa shape index (κ2) is 11.0. The summed E-state index contributed by atoms with van der Waals surface area (Å²) in [5, 5.41) is 3.97. The molecule has 3 fully saturated rings. The van der Waals surface area contributed by atoms with E-state index in [9.17, 15) is 9.59 Å². The maximum absolute atomic E-state index is 13.6. The number of hydrogen-bond donors (Lipinski definition) is 1. The summed E-state index contributed by atoms with van der Waals surface area (Å²) in [5.74, 6) is 1.34. The van der Waals surface area contributed by atoms with Gasteiger partial charge in [-0.15, -0.1) is 0 Å². The summed E-state index contributed by atoms with van der Waals surface area (Å²) in [6, 6.07) is 17.6. The van der Waals surface area contributed by atoms with Gasteiger partial charge in [-0.3, -0.25) is 14.5 Å². The number of rotatable bonds is 8. The van der Waals surface area contributed by atoms with Crippen LogP contribution in [0, 0.1) is 17.8 Å². The van der Waals surface area contributed by atoms with E-state index in [0.717, 1.165) is 56.1 Å². The quantitative estimate of drug-likeness (QED) is 0.601. The van der Waals surface area contributed by atoms with E-state index < -0.39 is 0 Å². The zero-order valence-corrected chi connectivity index (χ0v) is 20.8. The highest BCUT2D eigenvalue weighted by Crippen LogP contribution is 2.36. The van der Waals surface area contributed by atoms with Crippen LogP contribution in [-0.4, -0.2) is 60.4 Å². The molecule has 2 saturated carbocycles. The van der Waals surface area contributed by atoms with Gasteiger partial charge in [-0.25, -0.2) is 0 Å². The molecule has 186 valence electrons. The van der Waals surface area contributed by atoms with Crippen LogP contribution in [0.3, 0.4) is 0 Å². The summed E-state index contributed by atoms with van der Waals surface area (Å²) in [7, 11) is 0. The van der Waals surface area contributed by atoms with E-state index in [-0.39, 0.29) is 35.6 Å². The molecule has 3 aliphatic rings. The molecule has 2 aromatic carbocycles. The molecule has 2 aromatic rings. The Labute approximate surface area is 212 Å². The van der Waals surface area contributed by atoms with Crippen molar-refractivity contribution in [1.82, 2.24) is 15.1 Å². The molecule has 2 amide bonds. The first kappa shape index (κ1) is 24.1. The minimum atomic E-state index is -0.179. The van der Waals surface area contributed by atoms with E-state index in [2.05, 4.69) is 16.3 Å². The summed E-state index contributed by atoms with van der Waals surface area (Å²) in [4.78, 5) is 30.5. The molecule has 35 heavy (non-hydrogen) atoms. The van der Waals surface area contributed by atoms with Gasteiger partial charge in [0.1, 0.15) is 5.75 Å². The minimum Gasteiger partial charge on any atom is -0.493 e. The molecule has 2 aliphatic carbocycles. The Balaban J connectivity index is 1.17. The molecule has 0 spiro atoms. The van der Waals surface area contributed by atoms with E-state index in [0.29, 0.717) is 19.7 Å². The first-order chi connectivity index (χ1) is 17.0. The Hall–Kier alpha value is -2.57. The molecule has 6 nitrogen and oxygen atoms in total. The maximum Gasteiger partial charge on any atom is 0.227 e. The van der Waals surface area contributed by atoms with Crippen molar-refractivity contribution < 1.29 is 14.3 Å². The van der Waals surface area contributed by atoms with E-state index in [1.807, 2.05) is 53.4 Å². The van der Waals surface area contributed by atoms with Gasteiger partial charge in [-0.2, -0.15) is 0 Å². The number of benzene rings is 2. The second-order valence-corrected chi connectivity index (χ2v) is 10.6. The van der Waals surface area contributed by atoms with Crippen molar-refractivity contribution >= 4 is 23.4 Å². The Morgan fingerprint density at radius 2 is 1.74 bits per heavy atom. The van der Waals surface area contributed by atoms with Crippen molar-refractivity contribution in [2.45, 2.75) is 38.3 Å². The summed E-state index contributed by atoms with van der Waals surface area (Å²) < 4.78 is 6.00. The van der Waals surface area contributed by atoms with Crippen molar-refractivity contribution in [3.8, 4) is 5.75 Å². The predicted octanol–water partition coefficient (Wildman–Crippen LogP) is 3.98. The summed E-state index contributed by atoms with van der Waals surface area (Å²) in [6.07, 6.45) is 3.47. The van der Waals surface area contributed by atoms with Gasteiger partial charge < -0.3 is 15.0 Å². The van der Waals surface area contributed by atoms with Crippen LogP contribution in [-0.2, 0) is 16.1 Å². The highest BCUT2D eigenvalue weighted by atomic mass is 35.5. The standard InChI is InChI=1S/C28H34ClN3O3/c29-23-6-4-5-20(15-23)18-31-11-13-32(14-12-31)28(34)25-16-21(19-35-24-7-2-1-3-8-24)17-26(25)30-27(33)22-9-10-22/h1-8,15,21-22,25-26H,9-14,16-19H2,(H,30,33)/t21-,25-,26-/m1/s1. The second-order valence-electron chi connectivity index (χ2n) is 10.2. The number of nitrogens with zero attached hydrogens (tertiary/aromatic N) is 2. The normalized spacial score (nSPS) is 24.8. The fourth-order valence-corrected chi connectivity index (χ4v) is 5.56. The lowest BCUT2D eigenvalue weighted by atomic mass is 10.00. The van der Waals surface area contributed by atoms with Crippen LogP contribution in [0.4, 0.5) is 0 Å². The van der Waals surface area contributed by atoms with Crippen molar-refractivity contribution in [3.63, 3.8) is 0 Å². The zero-order chi connectivity index (χ0) is 24.2. The highest BCUT2D eigenvalue weighted by Gasteiger charge is 2.43. The SMILES string of the molecule is O=C(N[C@@H]1C[C@H](COc2ccccc2)C[C@H]1C(=O)N1CCN(Cc2cccc(Cl)c2)CC1)C1CC1. The molecule has 0 unspecified atom stereocenters. The number of ether oxygens (including phenoxy) is 1. The van der Waals surface area contributed by atoms with Gasteiger partial charge in [0.15, 0.2) is 0 Å². The Morgan fingerprint density at radius 3 is 2.46 bits per heavy atom. The topological polar surface area (TPSA) is 61.9 Å². The maximum atomic E-state index is 13.6. The molecule has 1 heterocycles. The highest BCUT2D eigenvalue weighted by molar-refractivity contribution is 6.30. The fraction of sp³-hybridized carbons (Fsp3) is 0.500. The third kappa shape index (κ3) is 6.36. The van der Waals surface area contributed by atoms with Crippen molar-refractivity contribution in [2.24, 2.45) is 17.8 Å². The summed E-state index contributed by atoms with van der Waals surface area (Å²) >= 11 is 6.13. The fourth-order valence-electron chi connectivity index (χ4n) is 5.34. The Morgan fingerprint density at radius 1 is 0.971 bits per heavy atom. The number of carbonyl (C=O) groups is 2. The van der Waals surface area contributed by atoms with Gasteiger partial charge in [0.05, 0.1) is 12.5 Å². The van der Waals surface area contributed by atoms with E-state index in [1.165, 1.54) is 5.56 Å². The number of para-hydroxylation sites is 1. The monoisotopic (exact) mass is 495 g/mol. The lowest BCUT2D eigenvalue weighted by molar-refractivity contribution is -0.138. The number of piperazine rings is 1. The average Bonchev–Trinajstić information content (AvgIpc) is 3.65. The zero-order valence-electron chi connectivity index (χ0n) is 20.1. The average molecular weight is 496 g/mol. The lowest BCUT2D eigenvalue weighted by Gasteiger charge is -2.37. The minimum absolute atomic E-state index is 0.107. The number of hydrogen-bond acceptors (Lipinski definition) is 4. The molecule has 0 radical (unpaired) electrons. The van der Waals surface area contributed by atoms with Crippen LogP contribution in [0.5, 0.6) is 5.75 Å². The van der Waals surface area contributed by atoms with Gasteiger partial charge in [-0.05, 0) is 61.4 Å². The van der Waals surface area contributed by atoms with Crippen LogP contribution in [0.25, 0.3) is 0 Å². The molecule has 5 rings (SSSR count). The first-order valence-corrected chi connectivity index (χ1v) is 13.2. The Kier molecular flexibility index (Phi) is 7.59. The molecule has 7 heteroatoms. The Bertz CT molecular complexity index is 1020. The van der Waals surface area contributed by atoms with Gasteiger partial charge in [0.2, 0.25) is 11.8 Å². The molecule has 0 bridgehead atoms. The van der Waals surface area contributed by atoms with Gasteiger partial charge >= 0.3 is 0 Å². The van der Waals surface area contributed by atoms with E-state index in [4.69, 9.17) is 16.3 Å². The lowest BCUT2D eigenvalue weighted by Crippen LogP contribution is -2.52. The summed E-state index contributed by atoms with van der Waals surface area (Å²) in [6.45, 7) is 4.51. The van der Waals surface area contributed by atoms with E-state index >= 15 is 0 Å².